The number of aliphatic imine (C=N–C) groups is 1. The topological polar surface area (TPSA) is 53.6 Å². The van der Waals surface area contributed by atoms with Crippen LogP contribution in [0.15, 0.2) is 23.2 Å². The summed E-state index contributed by atoms with van der Waals surface area (Å²) >= 11 is 0. The van der Waals surface area contributed by atoms with Gasteiger partial charge < -0.3 is 11.1 Å². The Morgan fingerprint density at radius 2 is 2.33 bits per heavy atom. The van der Waals surface area contributed by atoms with Gasteiger partial charge >= 0.3 is 0 Å². The van der Waals surface area contributed by atoms with Crippen LogP contribution in [0.3, 0.4) is 0 Å². The molecule has 0 spiro atoms. The predicted octanol–water partition coefficient (Wildman–Crippen LogP) is 1.33. The average Bonchev–Trinajstić information content (AvgIpc) is 2.28. The van der Waals surface area contributed by atoms with Crippen LogP contribution in [0, 0.1) is 0 Å². The lowest BCUT2D eigenvalue weighted by molar-refractivity contribution is 0.399. The first-order valence-electron chi connectivity index (χ1n) is 5.10. The highest BCUT2D eigenvalue weighted by molar-refractivity contribution is 5.76. The Bertz CT molecular complexity index is 373. The highest BCUT2D eigenvalue weighted by Crippen LogP contribution is 2.27. The van der Waals surface area contributed by atoms with Gasteiger partial charge in [0.15, 0.2) is 0 Å². The van der Waals surface area contributed by atoms with E-state index in [1.165, 1.54) is 0 Å². The fourth-order valence-electron chi connectivity index (χ4n) is 1.56. The molecule has 0 aromatic heterocycles. The molecule has 0 saturated carbocycles. The molecule has 3 N–H and O–H groups in total. The second-order valence-electron chi connectivity index (χ2n) is 3.78. The summed E-state index contributed by atoms with van der Waals surface area (Å²) < 4.78 is 0. The summed E-state index contributed by atoms with van der Waals surface area (Å²) in [5.74, 6) is 0. The number of rotatable bonds is 0. The van der Waals surface area contributed by atoms with Crippen LogP contribution >= 0.6 is 0 Å². The van der Waals surface area contributed by atoms with Gasteiger partial charge in [-0.05, 0) is 25.2 Å². The third-order valence-electron chi connectivity index (χ3n) is 2.45. The highest BCUT2D eigenvalue weighted by Gasteiger charge is 2.04. The van der Waals surface area contributed by atoms with Crippen LogP contribution in [0.1, 0.15) is 0 Å². The largest absolute Gasteiger partial charge is 0.399 e. The van der Waals surface area contributed by atoms with Crippen molar-refractivity contribution in [2.45, 2.75) is 0 Å². The van der Waals surface area contributed by atoms with Crippen molar-refractivity contribution in [1.82, 2.24) is 4.90 Å². The van der Waals surface area contributed by atoms with Gasteiger partial charge in [0.25, 0.3) is 0 Å². The summed E-state index contributed by atoms with van der Waals surface area (Å²) in [7, 11) is 2.08. The quantitative estimate of drug-likeness (QED) is 0.627. The SMILES string of the molecule is CN1CC=Nc2cc(N)ccc2NCC1. The number of nitrogen functional groups attached to an aromatic ring is 1. The zero-order valence-corrected chi connectivity index (χ0v) is 8.90. The second-order valence-corrected chi connectivity index (χ2v) is 3.78. The van der Waals surface area contributed by atoms with Crippen LogP contribution in [0.2, 0.25) is 0 Å². The van der Waals surface area contributed by atoms with Crippen LogP contribution in [0.4, 0.5) is 17.1 Å². The third-order valence-corrected chi connectivity index (χ3v) is 2.45. The van der Waals surface area contributed by atoms with Crippen LogP contribution < -0.4 is 11.1 Å². The molecule has 1 aliphatic rings. The van der Waals surface area contributed by atoms with Gasteiger partial charge in [-0.1, -0.05) is 0 Å². The molecule has 0 unspecified atom stereocenters. The van der Waals surface area contributed by atoms with Gasteiger partial charge in [-0.15, -0.1) is 0 Å². The van der Waals surface area contributed by atoms with Gasteiger partial charge in [-0.25, -0.2) is 0 Å². The number of hydrogen-bond acceptors (Lipinski definition) is 4. The lowest BCUT2D eigenvalue weighted by atomic mass is 10.2. The maximum Gasteiger partial charge on any atom is 0.0878 e. The van der Waals surface area contributed by atoms with E-state index in [0.717, 1.165) is 36.7 Å². The summed E-state index contributed by atoms with van der Waals surface area (Å²) in [6.07, 6.45) is 1.92. The van der Waals surface area contributed by atoms with Crippen molar-refractivity contribution >= 4 is 23.3 Å². The number of likely N-dealkylation sites (N-methyl/N-ethyl adjacent to an activating group) is 1. The standard InChI is InChI=1S/C11H16N4/c1-15-6-4-13-10-3-2-9(12)8-11(10)14-5-7-15/h2-3,5,8,13H,4,6-7,12H2,1H3. The molecule has 0 aliphatic carbocycles. The Balaban J connectivity index is 2.29. The Morgan fingerprint density at radius 1 is 1.47 bits per heavy atom. The summed E-state index contributed by atoms with van der Waals surface area (Å²) in [5, 5.41) is 3.35. The lowest BCUT2D eigenvalue weighted by Gasteiger charge is -2.13. The van der Waals surface area contributed by atoms with E-state index in [2.05, 4.69) is 22.3 Å². The minimum Gasteiger partial charge on any atom is -0.399 e. The molecule has 0 bridgehead atoms. The number of nitrogens with two attached hydrogens (primary N) is 1. The molecule has 0 atom stereocenters. The van der Waals surface area contributed by atoms with Gasteiger partial charge in [0.1, 0.15) is 0 Å². The zero-order chi connectivity index (χ0) is 10.7. The van der Waals surface area contributed by atoms with Crippen LogP contribution in [-0.4, -0.2) is 37.8 Å². The summed E-state index contributed by atoms with van der Waals surface area (Å²) in [5.41, 5.74) is 8.45. The van der Waals surface area contributed by atoms with Crippen molar-refractivity contribution in [2.75, 3.05) is 37.7 Å². The molecule has 4 nitrogen and oxygen atoms in total. The van der Waals surface area contributed by atoms with Crippen LogP contribution in [-0.2, 0) is 0 Å². The van der Waals surface area contributed by atoms with Crippen molar-refractivity contribution in [3.63, 3.8) is 0 Å². The van der Waals surface area contributed by atoms with Crippen molar-refractivity contribution in [2.24, 2.45) is 4.99 Å². The molecule has 2 rings (SSSR count). The number of hydrogen-bond donors (Lipinski definition) is 2. The highest BCUT2D eigenvalue weighted by atomic mass is 15.1. The average molecular weight is 204 g/mol. The van der Waals surface area contributed by atoms with E-state index >= 15 is 0 Å². The summed E-state index contributed by atoms with van der Waals surface area (Å²) in [6.45, 7) is 2.81. The van der Waals surface area contributed by atoms with Gasteiger partial charge in [0.05, 0.1) is 11.4 Å². The Hall–Kier alpha value is -1.55. The van der Waals surface area contributed by atoms with Gasteiger partial charge in [-0.2, -0.15) is 0 Å². The van der Waals surface area contributed by atoms with Crippen LogP contribution in [0.25, 0.3) is 0 Å². The molecular weight excluding hydrogens is 188 g/mol. The number of fused-ring (bicyclic) bond motifs is 1. The number of nitrogens with zero attached hydrogens (tertiary/aromatic N) is 2. The maximum atomic E-state index is 5.73. The minimum absolute atomic E-state index is 0.750. The molecule has 0 radical (unpaired) electrons. The van der Waals surface area contributed by atoms with Crippen LogP contribution in [0.5, 0.6) is 0 Å². The molecule has 1 aromatic rings. The van der Waals surface area contributed by atoms with E-state index in [0.29, 0.717) is 0 Å². The number of benzene rings is 1. The zero-order valence-electron chi connectivity index (χ0n) is 8.90. The van der Waals surface area contributed by atoms with Crippen molar-refractivity contribution in [1.29, 1.82) is 0 Å². The first-order valence-corrected chi connectivity index (χ1v) is 5.10. The van der Waals surface area contributed by atoms with Gasteiger partial charge in [-0.3, -0.25) is 9.89 Å². The number of anilines is 2. The predicted molar refractivity (Wildman–Crippen MR) is 65.0 cm³/mol. The van der Waals surface area contributed by atoms with E-state index in [1.54, 1.807) is 0 Å². The molecule has 1 aromatic carbocycles. The van der Waals surface area contributed by atoms with Gasteiger partial charge in [0.2, 0.25) is 0 Å². The van der Waals surface area contributed by atoms with Crippen molar-refractivity contribution in [3.8, 4) is 0 Å². The fraction of sp³-hybridized carbons (Fsp3) is 0.364. The summed E-state index contributed by atoms with van der Waals surface area (Å²) in [4.78, 5) is 6.62. The maximum absolute atomic E-state index is 5.73. The fourth-order valence-corrected chi connectivity index (χ4v) is 1.56. The smallest absolute Gasteiger partial charge is 0.0878 e. The first kappa shape index (κ1) is 9.98. The number of nitrogens with one attached hydrogen (secondary N) is 1. The Morgan fingerprint density at radius 3 is 3.20 bits per heavy atom. The Labute approximate surface area is 89.8 Å². The molecule has 0 amide bonds. The third kappa shape index (κ3) is 2.47. The second kappa shape index (κ2) is 4.31. The Kier molecular flexibility index (Phi) is 2.87. The molecule has 0 fully saturated rings. The van der Waals surface area contributed by atoms with Crippen molar-refractivity contribution in [3.05, 3.63) is 18.2 Å². The lowest BCUT2D eigenvalue weighted by Crippen LogP contribution is -2.26. The monoisotopic (exact) mass is 204 g/mol. The first-order chi connectivity index (χ1) is 7.25. The molecule has 15 heavy (non-hydrogen) atoms. The van der Waals surface area contributed by atoms with E-state index < -0.39 is 0 Å². The van der Waals surface area contributed by atoms with E-state index in [1.807, 2.05) is 24.4 Å². The molecule has 4 heteroatoms. The minimum atomic E-state index is 0.750. The van der Waals surface area contributed by atoms with Gasteiger partial charge in [0, 0.05) is 31.5 Å². The summed E-state index contributed by atoms with van der Waals surface area (Å²) in [6, 6.07) is 5.76. The van der Waals surface area contributed by atoms with E-state index in [4.69, 9.17) is 5.73 Å². The molecule has 1 aliphatic heterocycles. The van der Waals surface area contributed by atoms with E-state index in [-0.39, 0.29) is 0 Å². The molecule has 80 valence electrons. The normalized spacial score (nSPS) is 17.1. The molecule has 1 heterocycles. The van der Waals surface area contributed by atoms with E-state index in [9.17, 15) is 0 Å². The molecular formula is C11H16N4. The van der Waals surface area contributed by atoms with Crippen molar-refractivity contribution < 1.29 is 0 Å². The molecule has 0 saturated heterocycles.